The van der Waals surface area contributed by atoms with Gasteiger partial charge in [0.1, 0.15) is 0 Å². The molecule has 1 fully saturated rings. The zero-order valence-corrected chi connectivity index (χ0v) is 20.6. The Morgan fingerprint density at radius 3 is 2.32 bits per heavy atom. The van der Waals surface area contributed by atoms with Gasteiger partial charge in [-0.25, -0.2) is 8.42 Å². The number of nitrogens with one attached hydrogen (secondary N) is 2. The van der Waals surface area contributed by atoms with Gasteiger partial charge in [-0.05, 0) is 80.4 Å². The van der Waals surface area contributed by atoms with E-state index in [0.29, 0.717) is 22.0 Å². The normalized spacial score (nSPS) is 15.1. The molecule has 0 saturated carbocycles. The van der Waals surface area contributed by atoms with Crippen molar-refractivity contribution in [3.63, 3.8) is 0 Å². The van der Waals surface area contributed by atoms with Crippen LogP contribution in [-0.2, 0) is 21.4 Å². The standard InChI is InChI=1S/C26H28ClN3O3S/c1-19-24(27)8-5-9-25(19)29-34(32,33)23-12-10-22(11-13-23)28-26(31)21-14-16-30(17-15-21)18-20-6-3-2-4-7-20/h2-13,21,29H,14-18H2,1H3,(H,28,31). The first-order valence-electron chi connectivity index (χ1n) is 11.3. The minimum Gasteiger partial charge on any atom is -0.326 e. The summed E-state index contributed by atoms with van der Waals surface area (Å²) in [5.41, 5.74) is 2.95. The Kier molecular flexibility index (Phi) is 7.56. The third-order valence-corrected chi connectivity index (χ3v) is 7.94. The first-order valence-corrected chi connectivity index (χ1v) is 13.1. The molecule has 4 rings (SSSR count). The van der Waals surface area contributed by atoms with Gasteiger partial charge in [0.05, 0.1) is 10.6 Å². The van der Waals surface area contributed by atoms with Gasteiger partial charge < -0.3 is 5.32 Å². The highest BCUT2D eigenvalue weighted by Gasteiger charge is 2.25. The highest BCUT2D eigenvalue weighted by atomic mass is 35.5. The van der Waals surface area contributed by atoms with Crippen molar-refractivity contribution in [2.75, 3.05) is 23.1 Å². The molecule has 1 saturated heterocycles. The van der Waals surface area contributed by atoms with Gasteiger partial charge in [0.15, 0.2) is 0 Å². The maximum atomic E-state index is 12.8. The third kappa shape index (κ3) is 5.97. The molecule has 0 radical (unpaired) electrons. The predicted octanol–water partition coefficient (Wildman–Crippen LogP) is 5.30. The summed E-state index contributed by atoms with van der Waals surface area (Å²) in [5, 5.41) is 3.42. The second kappa shape index (κ2) is 10.6. The van der Waals surface area contributed by atoms with Crippen LogP contribution >= 0.6 is 11.6 Å². The number of hydrogen-bond acceptors (Lipinski definition) is 4. The van der Waals surface area contributed by atoms with Gasteiger partial charge >= 0.3 is 0 Å². The average Bonchev–Trinajstić information content (AvgIpc) is 2.83. The molecule has 2 N–H and O–H groups in total. The molecule has 0 atom stereocenters. The van der Waals surface area contributed by atoms with Crippen LogP contribution in [0.2, 0.25) is 5.02 Å². The Bertz CT molecular complexity index is 1240. The summed E-state index contributed by atoms with van der Waals surface area (Å²) in [6.45, 7) is 4.40. The number of rotatable bonds is 7. The fourth-order valence-corrected chi connectivity index (χ4v) is 5.38. The van der Waals surface area contributed by atoms with Gasteiger partial charge in [0.2, 0.25) is 5.91 Å². The third-order valence-electron chi connectivity index (χ3n) is 6.15. The number of anilines is 2. The summed E-state index contributed by atoms with van der Waals surface area (Å²) in [6.07, 6.45) is 1.60. The lowest BCUT2D eigenvalue weighted by molar-refractivity contribution is -0.121. The maximum absolute atomic E-state index is 12.8. The molecule has 0 bridgehead atoms. The maximum Gasteiger partial charge on any atom is 0.261 e. The Labute approximate surface area is 206 Å². The summed E-state index contributed by atoms with van der Waals surface area (Å²) in [7, 11) is -3.78. The molecule has 34 heavy (non-hydrogen) atoms. The van der Waals surface area contributed by atoms with Crippen LogP contribution in [0.1, 0.15) is 24.0 Å². The van der Waals surface area contributed by atoms with E-state index in [0.717, 1.165) is 32.5 Å². The van der Waals surface area contributed by atoms with Crippen molar-refractivity contribution >= 4 is 38.9 Å². The second-order valence-corrected chi connectivity index (χ2v) is 10.7. The van der Waals surface area contributed by atoms with Gasteiger partial charge in [-0.15, -0.1) is 0 Å². The van der Waals surface area contributed by atoms with Crippen LogP contribution < -0.4 is 10.0 Å². The second-order valence-electron chi connectivity index (χ2n) is 8.57. The summed E-state index contributed by atoms with van der Waals surface area (Å²) in [6, 6.07) is 21.6. The van der Waals surface area contributed by atoms with Crippen molar-refractivity contribution in [3.05, 3.63) is 88.9 Å². The highest BCUT2D eigenvalue weighted by molar-refractivity contribution is 7.92. The van der Waals surface area contributed by atoms with Crippen LogP contribution in [-0.4, -0.2) is 32.3 Å². The molecule has 0 aromatic heterocycles. The summed E-state index contributed by atoms with van der Waals surface area (Å²) in [5.74, 6) is -0.0782. The number of sulfonamides is 1. The van der Waals surface area contributed by atoms with Gasteiger partial charge in [-0.1, -0.05) is 48.0 Å². The van der Waals surface area contributed by atoms with Gasteiger partial charge in [0.25, 0.3) is 10.0 Å². The first-order chi connectivity index (χ1) is 16.3. The van der Waals surface area contributed by atoms with Crippen molar-refractivity contribution in [1.82, 2.24) is 4.90 Å². The predicted molar refractivity (Wildman–Crippen MR) is 137 cm³/mol. The number of nitrogens with zero attached hydrogens (tertiary/aromatic N) is 1. The molecule has 1 amide bonds. The topological polar surface area (TPSA) is 78.5 Å². The number of benzene rings is 3. The number of carbonyl (C=O) groups is 1. The zero-order valence-electron chi connectivity index (χ0n) is 19.0. The quantitative estimate of drug-likeness (QED) is 0.464. The van der Waals surface area contributed by atoms with Crippen LogP contribution in [0.4, 0.5) is 11.4 Å². The number of piperidine rings is 1. The SMILES string of the molecule is Cc1c(Cl)cccc1NS(=O)(=O)c1ccc(NC(=O)C2CCN(Cc3ccccc3)CC2)cc1. The van der Waals surface area contributed by atoms with E-state index in [2.05, 4.69) is 27.1 Å². The van der Waals surface area contributed by atoms with E-state index in [1.165, 1.54) is 17.7 Å². The summed E-state index contributed by atoms with van der Waals surface area (Å²) < 4.78 is 28.1. The monoisotopic (exact) mass is 497 g/mol. The molecular weight excluding hydrogens is 470 g/mol. The molecule has 1 aliphatic heterocycles. The fraction of sp³-hybridized carbons (Fsp3) is 0.269. The van der Waals surface area contributed by atoms with E-state index in [4.69, 9.17) is 11.6 Å². The van der Waals surface area contributed by atoms with E-state index in [1.54, 1.807) is 37.3 Å². The molecule has 178 valence electrons. The molecule has 1 heterocycles. The first kappa shape index (κ1) is 24.3. The van der Waals surface area contributed by atoms with Crippen molar-refractivity contribution < 1.29 is 13.2 Å². The number of hydrogen-bond donors (Lipinski definition) is 2. The van der Waals surface area contributed by atoms with Crippen molar-refractivity contribution in [3.8, 4) is 0 Å². The van der Waals surface area contributed by atoms with E-state index in [9.17, 15) is 13.2 Å². The smallest absolute Gasteiger partial charge is 0.261 e. The van der Waals surface area contributed by atoms with E-state index >= 15 is 0 Å². The van der Waals surface area contributed by atoms with Crippen molar-refractivity contribution in [2.45, 2.75) is 31.2 Å². The molecule has 6 nitrogen and oxygen atoms in total. The Morgan fingerprint density at radius 2 is 1.65 bits per heavy atom. The highest BCUT2D eigenvalue weighted by Crippen LogP contribution is 2.26. The van der Waals surface area contributed by atoms with Crippen LogP contribution in [0.25, 0.3) is 0 Å². The number of carbonyl (C=O) groups excluding carboxylic acids is 1. The van der Waals surface area contributed by atoms with Crippen LogP contribution in [0, 0.1) is 12.8 Å². The Hall–Kier alpha value is -2.87. The number of halogens is 1. The zero-order chi connectivity index (χ0) is 24.1. The number of likely N-dealkylation sites (tertiary alicyclic amines) is 1. The molecule has 0 aliphatic carbocycles. The van der Waals surface area contributed by atoms with Crippen LogP contribution in [0.3, 0.4) is 0 Å². The Morgan fingerprint density at radius 1 is 0.971 bits per heavy atom. The van der Waals surface area contributed by atoms with E-state index in [-0.39, 0.29) is 16.7 Å². The van der Waals surface area contributed by atoms with Gasteiger partial charge in [-0.3, -0.25) is 14.4 Å². The van der Waals surface area contributed by atoms with Crippen molar-refractivity contribution in [2.24, 2.45) is 5.92 Å². The van der Waals surface area contributed by atoms with Gasteiger partial charge in [0, 0.05) is 23.2 Å². The molecule has 3 aromatic carbocycles. The van der Waals surface area contributed by atoms with Crippen LogP contribution in [0.5, 0.6) is 0 Å². The molecule has 1 aliphatic rings. The minimum absolute atomic E-state index is 0.0253. The minimum atomic E-state index is -3.78. The number of amides is 1. The lowest BCUT2D eigenvalue weighted by atomic mass is 9.95. The average molecular weight is 498 g/mol. The fourth-order valence-electron chi connectivity index (χ4n) is 4.08. The summed E-state index contributed by atoms with van der Waals surface area (Å²) in [4.78, 5) is 15.2. The van der Waals surface area contributed by atoms with Crippen molar-refractivity contribution in [1.29, 1.82) is 0 Å². The largest absolute Gasteiger partial charge is 0.326 e. The molecular formula is C26H28ClN3O3S. The van der Waals surface area contributed by atoms with Gasteiger partial charge in [-0.2, -0.15) is 0 Å². The molecule has 8 heteroatoms. The van der Waals surface area contributed by atoms with E-state index < -0.39 is 10.0 Å². The molecule has 0 unspecified atom stereocenters. The lowest BCUT2D eigenvalue weighted by Gasteiger charge is -2.31. The lowest BCUT2D eigenvalue weighted by Crippen LogP contribution is -2.37. The summed E-state index contributed by atoms with van der Waals surface area (Å²) >= 11 is 6.09. The van der Waals surface area contributed by atoms with E-state index in [1.807, 2.05) is 18.2 Å². The molecule has 3 aromatic rings. The molecule has 0 spiro atoms. The van der Waals surface area contributed by atoms with Crippen LogP contribution in [0.15, 0.2) is 77.7 Å². The Balaban J connectivity index is 1.32.